The molecular weight excluding hydrogens is 346 g/mol. The first-order valence-electron chi connectivity index (χ1n) is 9.66. The first-order valence-corrected chi connectivity index (χ1v) is 9.66. The molecule has 1 saturated carbocycles. The number of amides is 3. The zero-order valence-electron chi connectivity index (χ0n) is 15.7. The SMILES string of the molecule is CCOc1ccccc1C(=O)NCC(=O)N1CCC(NC(=O)C2CC2)CC1. The minimum absolute atomic E-state index is 0.0433. The van der Waals surface area contributed by atoms with Gasteiger partial charge in [-0.05, 0) is 44.7 Å². The summed E-state index contributed by atoms with van der Waals surface area (Å²) in [6.45, 7) is 3.47. The maximum Gasteiger partial charge on any atom is 0.255 e. The average molecular weight is 373 g/mol. The smallest absolute Gasteiger partial charge is 0.255 e. The fourth-order valence-electron chi connectivity index (χ4n) is 3.24. The Balaban J connectivity index is 1.43. The second kappa shape index (κ2) is 8.88. The van der Waals surface area contributed by atoms with Crippen molar-refractivity contribution in [3.05, 3.63) is 29.8 Å². The molecule has 3 amide bonds. The zero-order valence-corrected chi connectivity index (χ0v) is 15.7. The van der Waals surface area contributed by atoms with E-state index in [-0.39, 0.29) is 36.2 Å². The maximum absolute atomic E-state index is 12.4. The molecule has 0 aromatic heterocycles. The minimum atomic E-state index is -0.320. The normalized spacial score (nSPS) is 17.3. The molecule has 0 bridgehead atoms. The molecule has 7 heteroatoms. The Kier molecular flexibility index (Phi) is 6.32. The average Bonchev–Trinajstić information content (AvgIpc) is 3.52. The number of benzene rings is 1. The van der Waals surface area contributed by atoms with Gasteiger partial charge in [-0.25, -0.2) is 0 Å². The summed E-state index contributed by atoms with van der Waals surface area (Å²) in [5, 5.41) is 5.75. The highest BCUT2D eigenvalue weighted by molar-refractivity contribution is 5.98. The highest BCUT2D eigenvalue weighted by atomic mass is 16.5. The van der Waals surface area contributed by atoms with Gasteiger partial charge in [0.25, 0.3) is 5.91 Å². The van der Waals surface area contributed by atoms with Crippen molar-refractivity contribution in [2.45, 2.75) is 38.6 Å². The highest BCUT2D eigenvalue weighted by Gasteiger charge is 2.32. The van der Waals surface area contributed by atoms with E-state index < -0.39 is 0 Å². The van der Waals surface area contributed by atoms with Crippen molar-refractivity contribution >= 4 is 17.7 Å². The van der Waals surface area contributed by atoms with Crippen LogP contribution in [-0.2, 0) is 9.59 Å². The summed E-state index contributed by atoms with van der Waals surface area (Å²) in [6.07, 6.45) is 3.50. The van der Waals surface area contributed by atoms with Gasteiger partial charge >= 0.3 is 0 Å². The Bertz CT molecular complexity index is 694. The number of ether oxygens (including phenoxy) is 1. The monoisotopic (exact) mass is 373 g/mol. The number of hydrogen-bond donors (Lipinski definition) is 2. The standard InChI is InChI=1S/C20H27N3O4/c1-2-27-17-6-4-3-5-16(17)20(26)21-13-18(24)23-11-9-15(10-12-23)22-19(25)14-7-8-14/h3-6,14-15H,2,7-13H2,1H3,(H,21,26)(H,22,25). The molecule has 3 rings (SSSR count). The summed E-state index contributed by atoms with van der Waals surface area (Å²) in [6, 6.07) is 7.13. The van der Waals surface area contributed by atoms with E-state index in [9.17, 15) is 14.4 Å². The van der Waals surface area contributed by atoms with Gasteiger partial charge in [0.15, 0.2) is 0 Å². The second-order valence-corrected chi connectivity index (χ2v) is 7.05. The topological polar surface area (TPSA) is 87.7 Å². The number of rotatable bonds is 7. The maximum atomic E-state index is 12.4. The summed E-state index contributed by atoms with van der Waals surface area (Å²) in [4.78, 5) is 38.3. The van der Waals surface area contributed by atoms with Gasteiger partial charge in [0.1, 0.15) is 5.75 Å². The fourth-order valence-corrected chi connectivity index (χ4v) is 3.24. The van der Waals surface area contributed by atoms with Crippen molar-refractivity contribution in [1.29, 1.82) is 0 Å². The third kappa shape index (κ3) is 5.21. The van der Waals surface area contributed by atoms with Crippen LogP contribution in [0, 0.1) is 5.92 Å². The van der Waals surface area contributed by atoms with Crippen LogP contribution in [0.25, 0.3) is 0 Å². The van der Waals surface area contributed by atoms with Gasteiger partial charge in [-0.1, -0.05) is 12.1 Å². The van der Waals surface area contributed by atoms with Gasteiger partial charge in [-0.2, -0.15) is 0 Å². The van der Waals surface area contributed by atoms with Gasteiger partial charge in [0.05, 0.1) is 18.7 Å². The largest absolute Gasteiger partial charge is 0.493 e. The molecule has 7 nitrogen and oxygen atoms in total. The van der Waals surface area contributed by atoms with Crippen molar-refractivity contribution in [2.24, 2.45) is 5.92 Å². The van der Waals surface area contributed by atoms with Crippen molar-refractivity contribution in [1.82, 2.24) is 15.5 Å². The molecule has 2 N–H and O–H groups in total. The Labute approximate surface area is 159 Å². The van der Waals surface area contributed by atoms with E-state index in [1.165, 1.54) is 0 Å². The van der Waals surface area contributed by atoms with E-state index in [0.717, 1.165) is 25.7 Å². The summed E-state index contributed by atoms with van der Waals surface area (Å²) in [7, 11) is 0. The molecule has 2 fully saturated rings. The predicted molar refractivity (Wildman–Crippen MR) is 100 cm³/mol. The van der Waals surface area contributed by atoms with Crippen LogP contribution < -0.4 is 15.4 Å². The van der Waals surface area contributed by atoms with Gasteiger partial charge in [-0.15, -0.1) is 0 Å². The van der Waals surface area contributed by atoms with Crippen molar-refractivity contribution in [3.8, 4) is 5.75 Å². The minimum Gasteiger partial charge on any atom is -0.493 e. The van der Waals surface area contributed by atoms with Crippen LogP contribution in [0.2, 0.25) is 0 Å². The molecule has 1 saturated heterocycles. The molecule has 146 valence electrons. The van der Waals surface area contributed by atoms with Crippen molar-refractivity contribution in [2.75, 3.05) is 26.2 Å². The molecule has 1 aliphatic carbocycles. The Hall–Kier alpha value is -2.57. The fraction of sp³-hybridized carbons (Fsp3) is 0.550. The lowest BCUT2D eigenvalue weighted by Gasteiger charge is -2.32. The number of piperidine rings is 1. The lowest BCUT2D eigenvalue weighted by Crippen LogP contribution is -2.49. The molecule has 0 atom stereocenters. The van der Waals surface area contributed by atoms with Crippen molar-refractivity contribution < 1.29 is 19.1 Å². The van der Waals surface area contributed by atoms with E-state index in [1.54, 1.807) is 29.2 Å². The number of carbonyl (C=O) groups is 3. The highest BCUT2D eigenvalue weighted by Crippen LogP contribution is 2.29. The van der Waals surface area contributed by atoms with Crippen molar-refractivity contribution in [3.63, 3.8) is 0 Å². The van der Waals surface area contributed by atoms with Crippen LogP contribution in [0.3, 0.4) is 0 Å². The molecule has 2 aliphatic rings. The summed E-state index contributed by atoms with van der Waals surface area (Å²) < 4.78 is 5.46. The predicted octanol–water partition coefficient (Wildman–Crippen LogP) is 1.33. The van der Waals surface area contributed by atoms with Gasteiger partial charge in [0, 0.05) is 25.0 Å². The van der Waals surface area contributed by atoms with E-state index in [1.807, 2.05) is 6.92 Å². The summed E-state index contributed by atoms with van der Waals surface area (Å²) in [5.41, 5.74) is 0.425. The van der Waals surface area contributed by atoms with Crippen LogP contribution >= 0.6 is 0 Å². The zero-order chi connectivity index (χ0) is 19.2. The molecule has 1 aliphatic heterocycles. The van der Waals surface area contributed by atoms with E-state index >= 15 is 0 Å². The Morgan fingerprint density at radius 2 is 1.81 bits per heavy atom. The third-order valence-electron chi connectivity index (χ3n) is 4.97. The Morgan fingerprint density at radius 3 is 2.48 bits per heavy atom. The number of carbonyl (C=O) groups excluding carboxylic acids is 3. The summed E-state index contributed by atoms with van der Waals surface area (Å²) in [5.74, 6) is 0.444. The number of hydrogen-bond acceptors (Lipinski definition) is 4. The van der Waals surface area contributed by atoms with Gasteiger partial charge < -0.3 is 20.3 Å². The lowest BCUT2D eigenvalue weighted by molar-refractivity contribution is -0.131. The first-order chi connectivity index (χ1) is 13.1. The van der Waals surface area contributed by atoms with Gasteiger partial charge in [0.2, 0.25) is 11.8 Å². The van der Waals surface area contributed by atoms with E-state index in [0.29, 0.717) is 31.0 Å². The second-order valence-electron chi connectivity index (χ2n) is 7.05. The van der Waals surface area contributed by atoms with Gasteiger partial charge in [-0.3, -0.25) is 14.4 Å². The molecular formula is C20H27N3O4. The third-order valence-corrected chi connectivity index (χ3v) is 4.97. The quantitative estimate of drug-likeness (QED) is 0.755. The molecule has 1 heterocycles. The molecule has 0 unspecified atom stereocenters. The Morgan fingerprint density at radius 1 is 1.11 bits per heavy atom. The van der Waals surface area contributed by atoms with E-state index in [2.05, 4.69) is 10.6 Å². The number of para-hydroxylation sites is 1. The summed E-state index contributed by atoms with van der Waals surface area (Å²) >= 11 is 0. The van der Waals surface area contributed by atoms with Crippen LogP contribution in [0.4, 0.5) is 0 Å². The molecule has 1 aromatic carbocycles. The van der Waals surface area contributed by atoms with Crippen LogP contribution in [0.15, 0.2) is 24.3 Å². The lowest BCUT2D eigenvalue weighted by atomic mass is 10.0. The molecule has 0 radical (unpaired) electrons. The first kappa shape index (κ1) is 19.2. The molecule has 0 spiro atoms. The number of likely N-dealkylation sites (tertiary alicyclic amines) is 1. The molecule has 1 aromatic rings. The van der Waals surface area contributed by atoms with E-state index in [4.69, 9.17) is 4.74 Å². The van der Waals surface area contributed by atoms with Crippen LogP contribution in [0.5, 0.6) is 5.75 Å². The number of nitrogens with one attached hydrogen (secondary N) is 2. The van der Waals surface area contributed by atoms with Crippen LogP contribution in [-0.4, -0.2) is 54.9 Å². The number of nitrogens with zero attached hydrogens (tertiary/aromatic N) is 1. The molecule has 27 heavy (non-hydrogen) atoms. The van der Waals surface area contributed by atoms with Crippen LogP contribution in [0.1, 0.15) is 43.0 Å².